The summed E-state index contributed by atoms with van der Waals surface area (Å²) in [6, 6.07) is 10.4. The van der Waals surface area contributed by atoms with Crippen molar-refractivity contribution in [2.75, 3.05) is 13.2 Å². The fourth-order valence-corrected chi connectivity index (χ4v) is 2.17. The van der Waals surface area contributed by atoms with Gasteiger partial charge in [0.2, 0.25) is 0 Å². The average Bonchev–Trinajstić information content (AvgIpc) is 2.52. The molecule has 114 valence electrons. The molecule has 1 amide bonds. The maximum Gasteiger partial charge on any atom is 0.257 e. The molecule has 0 aliphatic carbocycles. The van der Waals surface area contributed by atoms with Crippen molar-refractivity contribution in [1.29, 1.82) is 0 Å². The van der Waals surface area contributed by atoms with Crippen LogP contribution in [-0.2, 0) is 0 Å². The Morgan fingerprint density at radius 2 is 1.77 bits per heavy atom. The molecule has 1 heterocycles. The van der Waals surface area contributed by atoms with Crippen molar-refractivity contribution in [3.63, 3.8) is 0 Å². The number of para-hydroxylation sites is 2. The quantitative estimate of drug-likeness (QED) is 0.948. The molecule has 0 saturated carbocycles. The summed E-state index contributed by atoms with van der Waals surface area (Å²) in [6.45, 7) is 0.331. The van der Waals surface area contributed by atoms with Crippen molar-refractivity contribution < 1.29 is 23.0 Å². The number of amides is 1. The summed E-state index contributed by atoms with van der Waals surface area (Å²) in [5, 5.41) is 2.46. The standard InChI is InChI=1S/C16H13F2NO3/c17-11-4-3-5-12(18)15(11)16(20)19-8-10-9-21-13-6-1-2-7-14(13)22-10/h1-7,10H,8-9H2,(H,19,20)/t10-/m1/s1. The molecule has 0 fully saturated rings. The Balaban J connectivity index is 1.63. The van der Waals surface area contributed by atoms with Gasteiger partial charge in [0.1, 0.15) is 29.9 Å². The first-order valence-electron chi connectivity index (χ1n) is 6.76. The van der Waals surface area contributed by atoms with Gasteiger partial charge in [-0.3, -0.25) is 4.79 Å². The lowest BCUT2D eigenvalue weighted by Gasteiger charge is -2.26. The van der Waals surface area contributed by atoms with E-state index in [1.54, 1.807) is 18.2 Å². The van der Waals surface area contributed by atoms with Crippen LogP contribution in [0.3, 0.4) is 0 Å². The largest absolute Gasteiger partial charge is 0.486 e. The van der Waals surface area contributed by atoms with Gasteiger partial charge in [-0.2, -0.15) is 0 Å². The second-order valence-corrected chi connectivity index (χ2v) is 4.80. The molecule has 3 rings (SSSR count). The zero-order valence-electron chi connectivity index (χ0n) is 11.5. The third-order valence-corrected chi connectivity index (χ3v) is 3.25. The van der Waals surface area contributed by atoms with Crippen LogP contribution >= 0.6 is 0 Å². The summed E-state index contributed by atoms with van der Waals surface area (Å²) >= 11 is 0. The van der Waals surface area contributed by atoms with Crippen molar-refractivity contribution in [2.24, 2.45) is 0 Å². The topological polar surface area (TPSA) is 47.6 Å². The predicted octanol–water partition coefficient (Wildman–Crippen LogP) is 2.53. The van der Waals surface area contributed by atoms with Crippen molar-refractivity contribution >= 4 is 5.91 Å². The van der Waals surface area contributed by atoms with Crippen LogP contribution in [0.1, 0.15) is 10.4 Å². The molecule has 0 aromatic heterocycles. The highest BCUT2D eigenvalue weighted by Gasteiger charge is 2.23. The number of benzene rings is 2. The molecule has 1 aliphatic rings. The third kappa shape index (κ3) is 2.86. The Morgan fingerprint density at radius 1 is 1.09 bits per heavy atom. The number of carbonyl (C=O) groups excluding carboxylic acids is 1. The van der Waals surface area contributed by atoms with E-state index in [-0.39, 0.29) is 13.2 Å². The molecular weight excluding hydrogens is 292 g/mol. The van der Waals surface area contributed by atoms with Gasteiger partial charge in [0.15, 0.2) is 11.5 Å². The van der Waals surface area contributed by atoms with Crippen molar-refractivity contribution in [3.05, 3.63) is 59.7 Å². The van der Waals surface area contributed by atoms with Crippen LogP contribution in [0.5, 0.6) is 11.5 Å². The number of halogens is 2. The minimum atomic E-state index is -0.899. The average molecular weight is 305 g/mol. The summed E-state index contributed by atoms with van der Waals surface area (Å²) in [4.78, 5) is 11.9. The lowest BCUT2D eigenvalue weighted by Crippen LogP contribution is -2.41. The fraction of sp³-hybridized carbons (Fsp3) is 0.188. The van der Waals surface area contributed by atoms with Gasteiger partial charge in [-0.05, 0) is 24.3 Å². The molecule has 0 bridgehead atoms. The minimum absolute atomic E-state index is 0.0843. The van der Waals surface area contributed by atoms with E-state index in [2.05, 4.69) is 5.32 Å². The van der Waals surface area contributed by atoms with Gasteiger partial charge < -0.3 is 14.8 Å². The van der Waals surface area contributed by atoms with E-state index in [0.717, 1.165) is 12.1 Å². The van der Waals surface area contributed by atoms with Crippen molar-refractivity contribution in [2.45, 2.75) is 6.10 Å². The normalized spacial score (nSPS) is 16.2. The van der Waals surface area contributed by atoms with Gasteiger partial charge in [-0.15, -0.1) is 0 Å². The van der Waals surface area contributed by atoms with E-state index in [0.29, 0.717) is 11.5 Å². The van der Waals surface area contributed by atoms with E-state index in [4.69, 9.17) is 9.47 Å². The number of hydrogen-bond acceptors (Lipinski definition) is 3. The summed E-state index contributed by atoms with van der Waals surface area (Å²) in [5.41, 5.74) is -0.598. The predicted molar refractivity (Wildman–Crippen MR) is 75.0 cm³/mol. The molecule has 1 atom stereocenters. The molecule has 22 heavy (non-hydrogen) atoms. The molecule has 1 N–H and O–H groups in total. The first-order chi connectivity index (χ1) is 10.6. The molecular formula is C16H13F2NO3. The maximum atomic E-state index is 13.5. The summed E-state index contributed by atoms with van der Waals surface area (Å²) in [7, 11) is 0. The number of rotatable bonds is 3. The number of ether oxygens (including phenoxy) is 2. The lowest BCUT2D eigenvalue weighted by atomic mass is 10.2. The Morgan fingerprint density at radius 3 is 2.50 bits per heavy atom. The Kier molecular flexibility index (Phi) is 3.91. The molecule has 2 aromatic carbocycles. The summed E-state index contributed by atoms with van der Waals surface area (Å²) in [6.07, 6.45) is -0.423. The first kappa shape index (κ1) is 14.3. The van der Waals surface area contributed by atoms with Gasteiger partial charge in [-0.25, -0.2) is 8.78 Å². The molecule has 0 spiro atoms. The van der Waals surface area contributed by atoms with Gasteiger partial charge in [-0.1, -0.05) is 18.2 Å². The van der Waals surface area contributed by atoms with Gasteiger partial charge in [0, 0.05) is 0 Å². The van der Waals surface area contributed by atoms with Gasteiger partial charge in [0.05, 0.1) is 6.54 Å². The first-order valence-corrected chi connectivity index (χ1v) is 6.76. The summed E-state index contributed by atoms with van der Waals surface area (Å²) < 4.78 is 38.2. The second-order valence-electron chi connectivity index (χ2n) is 4.80. The van der Waals surface area contributed by atoms with Crippen LogP contribution in [0.15, 0.2) is 42.5 Å². The molecule has 0 unspecified atom stereocenters. The van der Waals surface area contributed by atoms with E-state index in [1.807, 2.05) is 6.07 Å². The van der Waals surface area contributed by atoms with Gasteiger partial charge in [0.25, 0.3) is 5.91 Å². The monoisotopic (exact) mass is 305 g/mol. The van der Waals surface area contributed by atoms with Crippen LogP contribution in [-0.4, -0.2) is 25.2 Å². The zero-order valence-corrected chi connectivity index (χ0v) is 11.5. The SMILES string of the molecule is O=C(NC[C@@H]1COc2ccccc2O1)c1c(F)cccc1F. The number of fused-ring (bicyclic) bond motifs is 1. The van der Waals surface area contributed by atoms with Gasteiger partial charge >= 0.3 is 0 Å². The highest BCUT2D eigenvalue weighted by Crippen LogP contribution is 2.30. The van der Waals surface area contributed by atoms with E-state index in [9.17, 15) is 13.6 Å². The van der Waals surface area contributed by atoms with Crippen LogP contribution in [0.2, 0.25) is 0 Å². The second kappa shape index (κ2) is 6.01. The summed E-state index contributed by atoms with van der Waals surface area (Å²) in [5.74, 6) is -1.42. The highest BCUT2D eigenvalue weighted by atomic mass is 19.1. The third-order valence-electron chi connectivity index (χ3n) is 3.25. The van der Waals surface area contributed by atoms with Crippen LogP contribution < -0.4 is 14.8 Å². The fourth-order valence-electron chi connectivity index (χ4n) is 2.17. The molecule has 0 radical (unpaired) electrons. The van der Waals surface area contributed by atoms with E-state index >= 15 is 0 Å². The molecule has 2 aromatic rings. The van der Waals surface area contributed by atoms with E-state index < -0.39 is 29.2 Å². The minimum Gasteiger partial charge on any atom is -0.486 e. The van der Waals surface area contributed by atoms with Crippen LogP contribution in [0.4, 0.5) is 8.78 Å². The lowest BCUT2D eigenvalue weighted by molar-refractivity contribution is 0.0784. The Labute approximate surface area is 125 Å². The molecule has 4 nitrogen and oxygen atoms in total. The maximum absolute atomic E-state index is 13.5. The molecule has 1 aliphatic heterocycles. The Hall–Kier alpha value is -2.63. The van der Waals surface area contributed by atoms with Crippen molar-refractivity contribution in [3.8, 4) is 11.5 Å². The number of nitrogens with one attached hydrogen (secondary N) is 1. The van der Waals surface area contributed by atoms with Crippen LogP contribution in [0, 0.1) is 11.6 Å². The Bertz CT molecular complexity index is 685. The van der Waals surface area contributed by atoms with E-state index in [1.165, 1.54) is 6.07 Å². The smallest absolute Gasteiger partial charge is 0.257 e. The zero-order chi connectivity index (χ0) is 15.5. The number of carbonyl (C=O) groups is 1. The molecule has 6 heteroatoms. The number of hydrogen-bond donors (Lipinski definition) is 1. The molecule has 0 saturated heterocycles. The highest BCUT2D eigenvalue weighted by molar-refractivity contribution is 5.94. The van der Waals surface area contributed by atoms with Crippen LogP contribution in [0.25, 0.3) is 0 Å². The van der Waals surface area contributed by atoms with Crippen molar-refractivity contribution in [1.82, 2.24) is 5.32 Å².